The summed E-state index contributed by atoms with van der Waals surface area (Å²) in [6, 6.07) is 10.0. The Hall–Kier alpha value is -2.47. The largest absolute Gasteiger partial charge is 0.495 e. The quantitative estimate of drug-likeness (QED) is 0.650. The van der Waals surface area contributed by atoms with Crippen molar-refractivity contribution in [1.82, 2.24) is 8.61 Å². The van der Waals surface area contributed by atoms with Crippen molar-refractivity contribution >= 4 is 31.6 Å². The first kappa shape index (κ1) is 24.2. The van der Waals surface area contributed by atoms with Gasteiger partial charge >= 0.3 is 0 Å². The van der Waals surface area contributed by atoms with E-state index in [1.54, 1.807) is 0 Å². The molecule has 2 aromatic carbocycles. The van der Waals surface area contributed by atoms with Crippen LogP contribution in [0.1, 0.15) is 29.6 Å². The number of sulfonamides is 2. The molecule has 0 aliphatic carbocycles. The zero-order valence-electron chi connectivity index (χ0n) is 18.2. The van der Waals surface area contributed by atoms with Crippen LogP contribution in [0.3, 0.4) is 0 Å². The highest BCUT2D eigenvalue weighted by Crippen LogP contribution is 2.31. The Labute approximate surface area is 189 Å². The lowest BCUT2D eigenvalue weighted by Gasteiger charge is -2.26. The molecule has 32 heavy (non-hydrogen) atoms. The van der Waals surface area contributed by atoms with Gasteiger partial charge in [0.05, 0.1) is 12.0 Å². The van der Waals surface area contributed by atoms with E-state index in [0.29, 0.717) is 13.1 Å². The molecule has 2 aromatic rings. The fourth-order valence-electron chi connectivity index (χ4n) is 3.41. The number of rotatable bonds is 7. The third-order valence-corrected chi connectivity index (χ3v) is 8.96. The number of nitrogens with one attached hydrogen (secondary N) is 1. The van der Waals surface area contributed by atoms with Gasteiger partial charge in [0, 0.05) is 38.4 Å². The van der Waals surface area contributed by atoms with E-state index in [-0.39, 0.29) is 26.8 Å². The van der Waals surface area contributed by atoms with Crippen LogP contribution in [-0.2, 0) is 20.0 Å². The fourth-order valence-corrected chi connectivity index (χ4v) is 6.06. The van der Waals surface area contributed by atoms with Crippen molar-refractivity contribution in [3.05, 3.63) is 48.0 Å². The number of methoxy groups -OCH3 is 1. The van der Waals surface area contributed by atoms with Gasteiger partial charge in [-0.1, -0.05) is 12.5 Å². The molecule has 0 unspecified atom stereocenters. The first-order chi connectivity index (χ1) is 15.1. The summed E-state index contributed by atoms with van der Waals surface area (Å²) in [6.45, 7) is 0.879. The van der Waals surface area contributed by atoms with Gasteiger partial charge in [0.1, 0.15) is 10.6 Å². The summed E-state index contributed by atoms with van der Waals surface area (Å²) < 4.78 is 58.8. The summed E-state index contributed by atoms with van der Waals surface area (Å²) in [5.41, 5.74) is 0.386. The molecule has 1 N–H and O–H groups in total. The third kappa shape index (κ3) is 4.96. The second kappa shape index (κ2) is 9.57. The summed E-state index contributed by atoms with van der Waals surface area (Å²) in [5, 5.41) is 2.65. The minimum Gasteiger partial charge on any atom is -0.495 e. The van der Waals surface area contributed by atoms with Gasteiger partial charge < -0.3 is 10.1 Å². The van der Waals surface area contributed by atoms with Crippen LogP contribution < -0.4 is 10.1 Å². The molecule has 1 heterocycles. The number of carbonyl (C=O) groups excluding carboxylic acids is 1. The lowest BCUT2D eigenvalue weighted by Crippen LogP contribution is -2.35. The van der Waals surface area contributed by atoms with E-state index in [9.17, 15) is 21.6 Å². The van der Waals surface area contributed by atoms with Crippen LogP contribution >= 0.6 is 0 Å². The number of piperidine rings is 1. The van der Waals surface area contributed by atoms with Gasteiger partial charge in [0.25, 0.3) is 5.91 Å². The smallest absolute Gasteiger partial charge is 0.255 e. The summed E-state index contributed by atoms with van der Waals surface area (Å²) in [5.74, 6) is -0.375. The first-order valence-electron chi connectivity index (χ1n) is 10.1. The van der Waals surface area contributed by atoms with Crippen LogP contribution in [0.15, 0.2) is 52.3 Å². The molecule has 0 atom stereocenters. The summed E-state index contributed by atoms with van der Waals surface area (Å²) >= 11 is 0. The molecule has 0 bridgehead atoms. The van der Waals surface area contributed by atoms with Crippen LogP contribution in [0.25, 0.3) is 0 Å². The van der Waals surface area contributed by atoms with E-state index < -0.39 is 26.0 Å². The molecule has 1 saturated heterocycles. The van der Waals surface area contributed by atoms with Crippen LogP contribution in [0.4, 0.5) is 5.69 Å². The number of benzene rings is 2. The first-order valence-corrected chi connectivity index (χ1v) is 13.0. The number of amides is 1. The number of hydrogen-bond acceptors (Lipinski definition) is 6. The van der Waals surface area contributed by atoms with Crippen molar-refractivity contribution < 1.29 is 26.4 Å². The Morgan fingerprint density at radius 1 is 1.00 bits per heavy atom. The zero-order chi connectivity index (χ0) is 23.5. The molecule has 3 rings (SSSR count). The molecule has 11 heteroatoms. The standard InChI is InChI=1S/C21H27N3O6S2/c1-23(2)31(26,27)18-9-7-8-16(14-18)21(25)22-17-10-11-19(30-3)20(15-17)32(28,29)24-12-5-4-6-13-24/h7-11,14-15H,4-6,12-13H2,1-3H3,(H,22,25). The highest BCUT2D eigenvalue weighted by molar-refractivity contribution is 7.89. The van der Waals surface area contributed by atoms with Crippen LogP contribution in [-0.4, -0.2) is 65.6 Å². The predicted octanol–water partition coefficient (Wildman–Crippen LogP) is 2.37. The van der Waals surface area contributed by atoms with E-state index >= 15 is 0 Å². The Morgan fingerprint density at radius 2 is 1.69 bits per heavy atom. The number of ether oxygens (including phenoxy) is 1. The predicted molar refractivity (Wildman–Crippen MR) is 121 cm³/mol. The molecule has 1 aliphatic heterocycles. The second-order valence-electron chi connectivity index (χ2n) is 7.60. The van der Waals surface area contributed by atoms with E-state index in [1.165, 1.54) is 68.0 Å². The second-order valence-corrected chi connectivity index (χ2v) is 11.7. The molecular formula is C21H27N3O6S2. The van der Waals surface area contributed by atoms with Crippen molar-refractivity contribution in [2.45, 2.75) is 29.1 Å². The van der Waals surface area contributed by atoms with Crippen molar-refractivity contribution in [3.8, 4) is 5.75 Å². The van der Waals surface area contributed by atoms with Crippen molar-refractivity contribution in [1.29, 1.82) is 0 Å². The molecule has 174 valence electrons. The molecule has 0 radical (unpaired) electrons. The Morgan fingerprint density at radius 3 is 2.31 bits per heavy atom. The maximum atomic E-state index is 13.2. The summed E-state index contributed by atoms with van der Waals surface area (Å²) in [6.07, 6.45) is 2.58. The monoisotopic (exact) mass is 481 g/mol. The van der Waals surface area contributed by atoms with Crippen molar-refractivity contribution in [2.75, 3.05) is 39.6 Å². The zero-order valence-corrected chi connectivity index (χ0v) is 19.9. The highest BCUT2D eigenvalue weighted by atomic mass is 32.2. The van der Waals surface area contributed by atoms with Crippen molar-refractivity contribution in [3.63, 3.8) is 0 Å². The number of nitrogens with zero attached hydrogens (tertiary/aromatic N) is 2. The SMILES string of the molecule is COc1ccc(NC(=O)c2cccc(S(=O)(=O)N(C)C)c2)cc1S(=O)(=O)N1CCCCC1. The fraction of sp³-hybridized carbons (Fsp3) is 0.381. The van der Waals surface area contributed by atoms with Gasteiger partial charge in [-0.2, -0.15) is 4.31 Å². The topological polar surface area (TPSA) is 113 Å². The molecule has 1 amide bonds. The summed E-state index contributed by atoms with van der Waals surface area (Å²) in [4.78, 5) is 12.7. The van der Waals surface area contributed by atoms with Crippen molar-refractivity contribution in [2.24, 2.45) is 0 Å². The Balaban J connectivity index is 1.90. The molecule has 0 aromatic heterocycles. The lowest BCUT2D eigenvalue weighted by molar-refractivity contribution is 0.102. The van der Waals surface area contributed by atoms with E-state index in [1.807, 2.05) is 0 Å². The van der Waals surface area contributed by atoms with Gasteiger partial charge in [0.2, 0.25) is 20.0 Å². The average molecular weight is 482 g/mol. The van der Waals surface area contributed by atoms with Gasteiger partial charge in [-0.25, -0.2) is 21.1 Å². The maximum absolute atomic E-state index is 13.2. The highest BCUT2D eigenvalue weighted by Gasteiger charge is 2.29. The molecular weight excluding hydrogens is 454 g/mol. The van der Waals surface area contributed by atoms with E-state index in [0.717, 1.165) is 23.6 Å². The molecule has 1 fully saturated rings. The van der Waals surface area contributed by atoms with E-state index in [4.69, 9.17) is 4.74 Å². The van der Waals surface area contributed by atoms with Gasteiger partial charge in [-0.05, 0) is 49.2 Å². The third-order valence-electron chi connectivity index (χ3n) is 5.23. The number of anilines is 1. The summed E-state index contributed by atoms with van der Waals surface area (Å²) in [7, 11) is -3.29. The van der Waals surface area contributed by atoms with Crippen LogP contribution in [0.5, 0.6) is 5.75 Å². The number of carbonyl (C=O) groups is 1. The number of hydrogen-bond donors (Lipinski definition) is 1. The molecule has 0 saturated carbocycles. The van der Waals surface area contributed by atoms with Gasteiger partial charge in [-0.3, -0.25) is 4.79 Å². The van der Waals surface area contributed by atoms with Crippen LogP contribution in [0, 0.1) is 0 Å². The van der Waals surface area contributed by atoms with Crippen LogP contribution in [0.2, 0.25) is 0 Å². The normalized spacial score (nSPS) is 15.5. The molecule has 9 nitrogen and oxygen atoms in total. The maximum Gasteiger partial charge on any atom is 0.255 e. The minimum atomic E-state index is -3.79. The lowest BCUT2D eigenvalue weighted by atomic mass is 10.2. The Bertz CT molecular complexity index is 1200. The van der Waals surface area contributed by atoms with E-state index in [2.05, 4.69) is 5.32 Å². The molecule has 0 spiro atoms. The van der Waals surface area contributed by atoms with Gasteiger partial charge in [0.15, 0.2) is 0 Å². The average Bonchev–Trinajstić information content (AvgIpc) is 2.79. The minimum absolute atomic E-state index is 0.0155. The van der Waals surface area contributed by atoms with Gasteiger partial charge in [-0.15, -0.1) is 0 Å². The Kier molecular flexibility index (Phi) is 7.23. The molecule has 1 aliphatic rings.